The van der Waals surface area contributed by atoms with Gasteiger partial charge in [0.15, 0.2) is 0 Å². The first-order chi connectivity index (χ1) is 8.31. The van der Waals surface area contributed by atoms with E-state index in [0.29, 0.717) is 13.1 Å². The first-order valence-corrected chi connectivity index (χ1v) is 6.35. The zero-order chi connectivity index (χ0) is 13.8. The maximum absolute atomic E-state index is 12.0. The number of nitrogens with one attached hydrogen (secondary N) is 1. The lowest BCUT2D eigenvalue weighted by Gasteiger charge is -2.24. The lowest BCUT2D eigenvalue weighted by Crippen LogP contribution is -2.36. The molecule has 1 atom stereocenters. The Morgan fingerprint density at radius 3 is 2.56 bits per heavy atom. The molecule has 18 heavy (non-hydrogen) atoms. The molecular formula is C14H24N2O2. The average molecular weight is 252 g/mol. The maximum Gasteiger partial charge on any atom is 0.224 e. The molecule has 1 aromatic heterocycles. The van der Waals surface area contributed by atoms with E-state index in [-0.39, 0.29) is 17.2 Å². The Labute approximate surface area is 109 Å². The Kier molecular flexibility index (Phi) is 4.96. The highest BCUT2D eigenvalue weighted by molar-refractivity contribution is 5.78. The third-order valence-electron chi connectivity index (χ3n) is 2.75. The second-order valence-electron chi connectivity index (χ2n) is 5.93. The summed E-state index contributed by atoms with van der Waals surface area (Å²) < 4.78 is 5.40. The predicted molar refractivity (Wildman–Crippen MR) is 71.9 cm³/mol. The van der Waals surface area contributed by atoms with Gasteiger partial charge in [0.25, 0.3) is 0 Å². The molecule has 4 heteroatoms. The molecule has 0 aliphatic rings. The van der Waals surface area contributed by atoms with Gasteiger partial charge in [0.1, 0.15) is 11.5 Å². The first kappa shape index (κ1) is 14.8. The Balaban J connectivity index is 2.47. The van der Waals surface area contributed by atoms with Gasteiger partial charge in [0, 0.05) is 6.54 Å². The van der Waals surface area contributed by atoms with Crippen LogP contribution in [0.1, 0.15) is 38.7 Å². The van der Waals surface area contributed by atoms with Crippen molar-refractivity contribution < 1.29 is 9.21 Å². The summed E-state index contributed by atoms with van der Waals surface area (Å²) in [5, 5.41) is 2.87. The summed E-state index contributed by atoms with van der Waals surface area (Å²) in [4.78, 5) is 12.0. The van der Waals surface area contributed by atoms with Crippen LogP contribution in [0, 0.1) is 18.3 Å². The van der Waals surface area contributed by atoms with Crippen LogP contribution in [-0.2, 0) is 11.3 Å². The zero-order valence-corrected chi connectivity index (χ0v) is 11.7. The third kappa shape index (κ3) is 4.92. The average Bonchev–Trinajstić information content (AvgIpc) is 2.67. The van der Waals surface area contributed by atoms with Gasteiger partial charge in [-0.25, -0.2) is 0 Å². The highest BCUT2D eigenvalue weighted by atomic mass is 16.3. The monoisotopic (exact) mass is 252 g/mol. The molecule has 0 aliphatic heterocycles. The van der Waals surface area contributed by atoms with Crippen molar-refractivity contribution in [1.29, 1.82) is 0 Å². The Morgan fingerprint density at radius 2 is 2.11 bits per heavy atom. The second kappa shape index (κ2) is 6.05. The van der Waals surface area contributed by atoms with Crippen molar-refractivity contribution in [2.75, 3.05) is 6.54 Å². The summed E-state index contributed by atoms with van der Waals surface area (Å²) in [5.41, 5.74) is 5.77. The molecule has 0 saturated heterocycles. The van der Waals surface area contributed by atoms with Crippen molar-refractivity contribution >= 4 is 5.91 Å². The van der Waals surface area contributed by atoms with Gasteiger partial charge >= 0.3 is 0 Å². The maximum atomic E-state index is 12.0. The fourth-order valence-electron chi connectivity index (χ4n) is 1.92. The van der Waals surface area contributed by atoms with E-state index in [0.717, 1.165) is 17.9 Å². The lowest BCUT2D eigenvalue weighted by molar-refractivity contribution is -0.125. The van der Waals surface area contributed by atoms with E-state index in [1.807, 2.05) is 19.1 Å². The number of furan rings is 1. The molecule has 1 amide bonds. The minimum Gasteiger partial charge on any atom is -0.465 e. The standard InChI is InChI=1S/C14H24N2O2/c1-10-5-6-12(18-10)9-16-13(17)11(8-15)7-14(2,3)4/h5-6,11H,7-9,15H2,1-4H3,(H,16,17). The van der Waals surface area contributed by atoms with E-state index in [1.54, 1.807) is 0 Å². The first-order valence-electron chi connectivity index (χ1n) is 6.35. The fourth-order valence-corrected chi connectivity index (χ4v) is 1.92. The molecule has 1 heterocycles. The minimum absolute atomic E-state index is 0.00137. The highest BCUT2D eigenvalue weighted by Crippen LogP contribution is 2.24. The van der Waals surface area contributed by atoms with Crippen molar-refractivity contribution in [1.82, 2.24) is 5.32 Å². The molecule has 4 nitrogen and oxygen atoms in total. The molecule has 0 aliphatic carbocycles. The van der Waals surface area contributed by atoms with Crippen LogP contribution in [0.5, 0.6) is 0 Å². The van der Waals surface area contributed by atoms with Crippen molar-refractivity contribution in [3.63, 3.8) is 0 Å². The molecule has 3 N–H and O–H groups in total. The van der Waals surface area contributed by atoms with Crippen LogP contribution in [0.4, 0.5) is 0 Å². The minimum atomic E-state index is -0.138. The summed E-state index contributed by atoms with van der Waals surface area (Å²) in [6.45, 7) is 9.01. The largest absolute Gasteiger partial charge is 0.465 e. The smallest absolute Gasteiger partial charge is 0.224 e. The molecule has 0 radical (unpaired) electrons. The van der Waals surface area contributed by atoms with Gasteiger partial charge in [-0.05, 0) is 30.9 Å². The van der Waals surface area contributed by atoms with E-state index < -0.39 is 0 Å². The Hall–Kier alpha value is -1.29. The van der Waals surface area contributed by atoms with Crippen LogP contribution in [0.25, 0.3) is 0 Å². The van der Waals surface area contributed by atoms with E-state index in [2.05, 4.69) is 26.1 Å². The number of hydrogen-bond acceptors (Lipinski definition) is 3. The summed E-state index contributed by atoms with van der Waals surface area (Å²) >= 11 is 0. The van der Waals surface area contributed by atoms with Crippen molar-refractivity contribution in [3.8, 4) is 0 Å². The number of hydrogen-bond donors (Lipinski definition) is 2. The zero-order valence-electron chi connectivity index (χ0n) is 11.7. The lowest BCUT2D eigenvalue weighted by atomic mass is 9.84. The molecule has 0 aromatic carbocycles. The molecule has 0 bridgehead atoms. The van der Waals surface area contributed by atoms with Crippen LogP contribution in [0.3, 0.4) is 0 Å². The summed E-state index contributed by atoms with van der Waals surface area (Å²) in [6.07, 6.45) is 0.784. The SMILES string of the molecule is Cc1ccc(CNC(=O)C(CN)CC(C)(C)C)o1. The van der Waals surface area contributed by atoms with Crippen molar-refractivity contribution in [3.05, 3.63) is 23.7 Å². The Bertz CT molecular complexity index is 391. The van der Waals surface area contributed by atoms with Gasteiger partial charge in [-0.15, -0.1) is 0 Å². The molecule has 1 aromatic rings. The van der Waals surface area contributed by atoms with Crippen LogP contribution >= 0.6 is 0 Å². The van der Waals surface area contributed by atoms with Crippen LogP contribution in [-0.4, -0.2) is 12.5 Å². The van der Waals surface area contributed by atoms with E-state index in [1.165, 1.54) is 0 Å². The molecule has 1 rings (SSSR count). The molecule has 102 valence electrons. The third-order valence-corrected chi connectivity index (χ3v) is 2.75. The predicted octanol–water partition coefficient (Wildman–Crippen LogP) is 2.22. The molecule has 1 unspecified atom stereocenters. The second-order valence-corrected chi connectivity index (χ2v) is 5.93. The number of carbonyl (C=O) groups excluding carboxylic acids is 1. The van der Waals surface area contributed by atoms with Gasteiger partial charge in [-0.2, -0.15) is 0 Å². The van der Waals surface area contributed by atoms with Gasteiger partial charge in [-0.1, -0.05) is 20.8 Å². The van der Waals surface area contributed by atoms with Gasteiger partial charge in [0.05, 0.1) is 12.5 Å². The van der Waals surface area contributed by atoms with Crippen LogP contribution in [0.15, 0.2) is 16.5 Å². The molecule has 0 fully saturated rings. The summed E-state index contributed by atoms with van der Waals surface area (Å²) in [7, 11) is 0. The number of rotatable bonds is 5. The summed E-state index contributed by atoms with van der Waals surface area (Å²) in [6, 6.07) is 3.76. The molecule has 0 saturated carbocycles. The normalized spacial score (nSPS) is 13.4. The van der Waals surface area contributed by atoms with Gasteiger partial charge in [-0.3, -0.25) is 4.79 Å². The van der Waals surface area contributed by atoms with Crippen LogP contribution < -0.4 is 11.1 Å². The molecular weight excluding hydrogens is 228 g/mol. The van der Waals surface area contributed by atoms with E-state index >= 15 is 0 Å². The van der Waals surface area contributed by atoms with Crippen molar-refractivity contribution in [2.45, 2.75) is 40.7 Å². The number of amides is 1. The van der Waals surface area contributed by atoms with Crippen LogP contribution in [0.2, 0.25) is 0 Å². The fraction of sp³-hybridized carbons (Fsp3) is 0.643. The van der Waals surface area contributed by atoms with Gasteiger partial charge in [0.2, 0.25) is 5.91 Å². The number of carbonyl (C=O) groups is 1. The topological polar surface area (TPSA) is 68.3 Å². The van der Waals surface area contributed by atoms with Gasteiger partial charge < -0.3 is 15.5 Å². The summed E-state index contributed by atoms with van der Waals surface area (Å²) in [5.74, 6) is 1.49. The quantitative estimate of drug-likeness (QED) is 0.844. The number of aryl methyl sites for hydroxylation is 1. The number of nitrogens with two attached hydrogens (primary N) is 1. The van der Waals surface area contributed by atoms with Crippen molar-refractivity contribution in [2.24, 2.45) is 17.1 Å². The van der Waals surface area contributed by atoms with E-state index in [9.17, 15) is 4.79 Å². The van der Waals surface area contributed by atoms with E-state index in [4.69, 9.17) is 10.2 Å². The Morgan fingerprint density at radius 1 is 1.44 bits per heavy atom. The highest BCUT2D eigenvalue weighted by Gasteiger charge is 2.23. The molecule has 0 spiro atoms.